The largest absolute Gasteiger partial charge is 0.432 e. The fourth-order valence-electron chi connectivity index (χ4n) is 3.81. The number of anilines is 1. The van der Waals surface area contributed by atoms with Crippen LogP contribution in [0.4, 0.5) is 5.69 Å². The molecule has 0 atom stereocenters. The Morgan fingerprint density at radius 2 is 1.39 bits per heavy atom. The molecule has 0 bridgehead atoms. The van der Waals surface area contributed by atoms with Crippen molar-refractivity contribution in [3.8, 4) is 22.4 Å². The van der Waals surface area contributed by atoms with E-state index in [4.69, 9.17) is 10.2 Å². The summed E-state index contributed by atoms with van der Waals surface area (Å²) < 4.78 is 5.89. The molecule has 0 amide bonds. The lowest BCUT2D eigenvalue weighted by atomic mass is 10.0. The van der Waals surface area contributed by atoms with Gasteiger partial charge in [0.25, 0.3) is 0 Å². The fraction of sp³-hybridized carbons (Fsp3) is 0.0370. The lowest BCUT2D eigenvalue weighted by molar-refractivity contribution is 0.101. The molecule has 31 heavy (non-hydrogen) atoms. The van der Waals surface area contributed by atoms with E-state index in [1.807, 2.05) is 85.8 Å². The van der Waals surface area contributed by atoms with Crippen molar-refractivity contribution < 1.29 is 9.21 Å². The Labute approximate surface area is 180 Å². The molecule has 5 rings (SSSR count). The standard InChI is InChI=1S/C27H20N2O2/c1-17-16-22(20-10-6-3-7-11-20)29-27-23(17)24(28)26(31-27)25(30)21-14-12-19(13-15-21)18-8-4-2-5-9-18/h2-16H,28H2,1H3. The summed E-state index contributed by atoms with van der Waals surface area (Å²) in [6.07, 6.45) is 0. The van der Waals surface area contributed by atoms with Gasteiger partial charge in [0, 0.05) is 11.1 Å². The van der Waals surface area contributed by atoms with Crippen molar-refractivity contribution in [2.75, 3.05) is 5.73 Å². The number of pyridine rings is 1. The molecular weight excluding hydrogens is 384 g/mol. The molecule has 150 valence electrons. The molecule has 2 aromatic heterocycles. The molecule has 0 spiro atoms. The van der Waals surface area contributed by atoms with Crippen LogP contribution in [0.15, 0.2) is 95.4 Å². The first-order valence-electron chi connectivity index (χ1n) is 10.1. The zero-order valence-corrected chi connectivity index (χ0v) is 17.0. The van der Waals surface area contributed by atoms with Gasteiger partial charge in [0.1, 0.15) is 0 Å². The molecule has 0 fully saturated rings. The van der Waals surface area contributed by atoms with Crippen LogP contribution in [-0.4, -0.2) is 10.8 Å². The van der Waals surface area contributed by atoms with Crippen molar-refractivity contribution in [2.45, 2.75) is 6.92 Å². The van der Waals surface area contributed by atoms with Gasteiger partial charge in [-0.2, -0.15) is 0 Å². The smallest absolute Gasteiger partial charge is 0.230 e. The summed E-state index contributed by atoms with van der Waals surface area (Å²) in [7, 11) is 0. The van der Waals surface area contributed by atoms with Gasteiger partial charge in [-0.1, -0.05) is 84.9 Å². The summed E-state index contributed by atoms with van der Waals surface area (Å²) in [5, 5.41) is 0.684. The van der Waals surface area contributed by atoms with Crippen LogP contribution in [0.1, 0.15) is 21.7 Å². The van der Waals surface area contributed by atoms with Gasteiger partial charge in [-0.15, -0.1) is 0 Å². The average molecular weight is 404 g/mol. The number of nitrogen functional groups attached to an aromatic ring is 1. The van der Waals surface area contributed by atoms with Crippen molar-refractivity contribution >= 4 is 22.6 Å². The molecule has 4 heteroatoms. The molecule has 2 N–H and O–H groups in total. The molecule has 0 aliphatic carbocycles. The second-order valence-electron chi connectivity index (χ2n) is 7.49. The van der Waals surface area contributed by atoms with E-state index in [1.54, 1.807) is 12.1 Å². The number of nitrogens with zero attached hydrogens (tertiary/aromatic N) is 1. The Balaban J connectivity index is 1.53. The number of benzene rings is 3. The first-order valence-corrected chi connectivity index (χ1v) is 10.1. The Morgan fingerprint density at radius 1 is 0.806 bits per heavy atom. The van der Waals surface area contributed by atoms with Crippen LogP contribution < -0.4 is 5.73 Å². The number of rotatable bonds is 4. The maximum absolute atomic E-state index is 13.1. The van der Waals surface area contributed by atoms with E-state index in [0.717, 1.165) is 27.9 Å². The molecule has 2 heterocycles. The van der Waals surface area contributed by atoms with Crippen LogP contribution in [0.25, 0.3) is 33.5 Å². The van der Waals surface area contributed by atoms with Crippen LogP contribution in [0.5, 0.6) is 0 Å². The van der Waals surface area contributed by atoms with Crippen LogP contribution >= 0.6 is 0 Å². The molecule has 0 aliphatic rings. The summed E-state index contributed by atoms with van der Waals surface area (Å²) in [6, 6.07) is 29.3. The van der Waals surface area contributed by atoms with Crippen molar-refractivity contribution in [3.63, 3.8) is 0 Å². The Bertz CT molecular complexity index is 1390. The molecular formula is C27H20N2O2. The van der Waals surface area contributed by atoms with E-state index in [-0.39, 0.29) is 11.5 Å². The zero-order valence-electron chi connectivity index (χ0n) is 17.0. The van der Waals surface area contributed by atoms with Crippen LogP contribution in [-0.2, 0) is 0 Å². The number of carbonyl (C=O) groups excluding carboxylic acids is 1. The minimum Gasteiger partial charge on any atom is -0.432 e. The van der Waals surface area contributed by atoms with Gasteiger partial charge in [0.05, 0.1) is 16.8 Å². The van der Waals surface area contributed by atoms with E-state index < -0.39 is 0 Å². The first kappa shape index (κ1) is 18.8. The minimum atomic E-state index is -0.254. The van der Waals surface area contributed by atoms with E-state index >= 15 is 0 Å². The topological polar surface area (TPSA) is 69.1 Å². The number of hydrogen-bond donors (Lipinski definition) is 1. The molecule has 0 unspecified atom stereocenters. The first-order chi connectivity index (χ1) is 15.1. The normalized spacial score (nSPS) is 11.0. The maximum Gasteiger partial charge on any atom is 0.230 e. The molecule has 0 radical (unpaired) electrons. The molecule has 3 aromatic carbocycles. The van der Waals surface area contributed by atoms with Gasteiger partial charge in [0.15, 0.2) is 0 Å². The molecule has 0 saturated carbocycles. The van der Waals surface area contributed by atoms with Crippen LogP contribution in [0.3, 0.4) is 0 Å². The van der Waals surface area contributed by atoms with E-state index in [2.05, 4.69) is 4.98 Å². The molecule has 4 nitrogen and oxygen atoms in total. The molecule has 0 saturated heterocycles. The number of fused-ring (bicyclic) bond motifs is 1. The van der Waals surface area contributed by atoms with Crippen molar-refractivity contribution in [1.82, 2.24) is 4.98 Å². The zero-order chi connectivity index (χ0) is 21.4. The van der Waals surface area contributed by atoms with Crippen molar-refractivity contribution in [2.24, 2.45) is 0 Å². The van der Waals surface area contributed by atoms with Crippen molar-refractivity contribution in [1.29, 1.82) is 0 Å². The quantitative estimate of drug-likeness (QED) is 0.358. The van der Waals surface area contributed by atoms with Crippen molar-refractivity contribution in [3.05, 3.63) is 108 Å². The minimum absolute atomic E-state index is 0.128. The summed E-state index contributed by atoms with van der Waals surface area (Å²) in [5.74, 6) is -0.126. The maximum atomic E-state index is 13.1. The van der Waals surface area contributed by atoms with Crippen LogP contribution in [0, 0.1) is 6.92 Å². The van der Waals surface area contributed by atoms with E-state index in [0.29, 0.717) is 22.4 Å². The fourth-order valence-corrected chi connectivity index (χ4v) is 3.81. The van der Waals surface area contributed by atoms with Gasteiger partial charge < -0.3 is 10.2 Å². The Hall–Kier alpha value is -4.18. The number of aryl methyl sites for hydroxylation is 1. The van der Waals surface area contributed by atoms with Gasteiger partial charge >= 0.3 is 0 Å². The van der Waals surface area contributed by atoms with Gasteiger partial charge in [-0.25, -0.2) is 4.98 Å². The van der Waals surface area contributed by atoms with Gasteiger partial charge in [-0.3, -0.25) is 4.79 Å². The highest BCUT2D eigenvalue weighted by atomic mass is 16.4. The number of furan rings is 1. The molecule has 5 aromatic rings. The predicted octanol–water partition coefficient (Wildman–Crippen LogP) is 6.28. The Kier molecular flexibility index (Phi) is 4.60. The molecule has 0 aliphatic heterocycles. The highest BCUT2D eigenvalue weighted by molar-refractivity contribution is 6.14. The summed E-state index contributed by atoms with van der Waals surface area (Å²) in [6.45, 7) is 1.95. The van der Waals surface area contributed by atoms with Gasteiger partial charge in [-0.05, 0) is 29.7 Å². The van der Waals surface area contributed by atoms with Crippen LogP contribution in [0.2, 0.25) is 0 Å². The van der Waals surface area contributed by atoms with E-state index in [9.17, 15) is 4.79 Å². The number of nitrogens with two attached hydrogens (primary N) is 1. The number of ketones is 1. The predicted molar refractivity (Wildman–Crippen MR) is 124 cm³/mol. The monoisotopic (exact) mass is 404 g/mol. The van der Waals surface area contributed by atoms with E-state index in [1.165, 1.54) is 0 Å². The lowest BCUT2D eigenvalue weighted by Gasteiger charge is -2.03. The summed E-state index contributed by atoms with van der Waals surface area (Å²) in [4.78, 5) is 17.8. The lowest BCUT2D eigenvalue weighted by Crippen LogP contribution is -2.03. The second-order valence-corrected chi connectivity index (χ2v) is 7.49. The number of hydrogen-bond acceptors (Lipinski definition) is 4. The average Bonchev–Trinajstić information content (AvgIpc) is 3.16. The highest BCUT2D eigenvalue weighted by Crippen LogP contribution is 2.34. The van der Waals surface area contributed by atoms with Gasteiger partial charge in [0.2, 0.25) is 17.3 Å². The highest BCUT2D eigenvalue weighted by Gasteiger charge is 2.23. The second kappa shape index (κ2) is 7.58. The third-order valence-electron chi connectivity index (χ3n) is 5.43. The third kappa shape index (κ3) is 3.38. The third-order valence-corrected chi connectivity index (χ3v) is 5.43. The number of aromatic nitrogens is 1. The summed E-state index contributed by atoms with van der Waals surface area (Å²) in [5.41, 5.74) is 12.4. The Morgan fingerprint density at radius 3 is 2.03 bits per heavy atom. The number of carbonyl (C=O) groups is 1. The SMILES string of the molecule is Cc1cc(-c2ccccc2)nc2oc(C(=O)c3ccc(-c4ccccc4)cc3)c(N)c12. The summed E-state index contributed by atoms with van der Waals surface area (Å²) >= 11 is 0.